The molecule has 1 aromatic carbocycles. The minimum atomic E-state index is -0.881. The van der Waals surface area contributed by atoms with E-state index in [1.807, 2.05) is 0 Å². The SMILES string of the molecule is Cn1cc(N2CCN(c3cccc(C(N)=O)c3[N+](=O)[O-])CC2=O)cn1. The number of amides is 2. The molecule has 0 bridgehead atoms. The smallest absolute Gasteiger partial charge is 0.305 e. The summed E-state index contributed by atoms with van der Waals surface area (Å²) < 4.78 is 1.59. The highest BCUT2D eigenvalue weighted by molar-refractivity contribution is 6.01. The van der Waals surface area contributed by atoms with Crippen molar-refractivity contribution < 1.29 is 14.5 Å². The van der Waals surface area contributed by atoms with E-state index in [-0.39, 0.29) is 29.4 Å². The van der Waals surface area contributed by atoms with Crippen LogP contribution in [0.5, 0.6) is 0 Å². The Kier molecular flexibility index (Phi) is 4.09. The number of aryl methyl sites for hydroxylation is 1. The lowest BCUT2D eigenvalue weighted by Crippen LogP contribution is -2.50. The van der Waals surface area contributed by atoms with Gasteiger partial charge in [0.05, 0.1) is 23.4 Å². The zero-order valence-corrected chi connectivity index (χ0v) is 13.5. The van der Waals surface area contributed by atoms with E-state index in [9.17, 15) is 19.7 Å². The number of anilines is 2. The zero-order valence-electron chi connectivity index (χ0n) is 13.5. The Labute approximate surface area is 142 Å². The first-order valence-electron chi connectivity index (χ1n) is 7.49. The van der Waals surface area contributed by atoms with E-state index in [0.29, 0.717) is 18.8 Å². The Morgan fingerprint density at radius 2 is 2.12 bits per heavy atom. The molecule has 2 heterocycles. The number of nitro groups is 1. The van der Waals surface area contributed by atoms with Crippen molar-refractivity contribution in [1.29, 1.82) is 0 Å². The summed E-state index contributed by atoms with van der Waals surface area (Å²) in [5.74, 6) is -1.09. The minimum absolute atomic E-state index is 0.0437. The Balaban J connectivity index is 1.90. The lowest BCUT2D eigenvalue weighted by molar-refractivity contribution is -0.384. The number of hydrogen-bond acceptors (Lipinski definition) is 6. The lowest BCUT2D eigenvalue weighted by Gasteiger charge is -2.34. The highest BCUT2D eigenvalue weighted by Gasteiger charge is 2.32. The molecule has 0 aliphatic carbocycles. The Morgan fingerprint density at radius 3 is 2.68 bits per heavy atom. The summed E-state index contributed by atoms with van der Waals surface area (Å²) in [4.78, 5) is 37.9. The van der Waals surface area contributed by atoms with Gasteiger partial charge in [0.1, 0.15) is 11.3 Å². The van der Waals surface area contributed by atoms with Crippen LogP contribution in [0.15, 0.2) is 30.6 Å². The van der Waals surface area contributed by atoms with Crippen LogP contribution in [0.3, 0.4) is 0 Å². The molecule has 2 N–H and O–H groups in total. The number of rotatable bonds is 4. The predicted octanol–water partition coefficient (Wildman–Crippen LogP) is 0.280. The summed E-state index contributed by atoms with van der Waals surface area (Å²) in [5.41, 5.74) is 5.56. The largest absolute Gasteiger partial charge is 0.365 e. The minimum Gasteiger partial charge on any atom is -0.365 e. The molecule has 0 unspecified atom stereocenters. The molecular weight excluding hydrogens is 328 g/mol. The molecule has 0 atom stereocenters. The molecule has 0 spiro atoms. The predicted molar refractivity (Wildman–Crippen MR) is 89.4 cm³/mol. The number of hydrogen-bond donors (Lipinski definition) is 1. The molecule has 0 radical (unpaired) electrons. The van der Waals surface area contributed by atoms with Gasteiger partial charge in [-0.2, -0.15) is 5.10 Å². The van der Waals surface area contributed by atoms with E-state index in [2.05, 4.69) is 5.10 Å². The highest BCUT2D eigenvalue weighted by Crippen LogP contribution is 2.32. The fourth-order valence-electron chi connectivity index (χ4n) is 2.88. The van der Waals surface area contributed by atoms with E-state index in [1.165, 1.54) is 18.2 Å². The van der Waals surface area contributed by atoms with Crippen LogP contribution in [0.25, 0.3) is 0 Å². The number of primary amides is 1. The maximum atomic E-state index is 12.5. The van der Waals surface area contributed by atoms with Crippen LogP contribution in [0, 0.1) is 10.1 Å². The van der Waals surface area contributed by atoms with Crippen LogP contribution >= 0.6 is 0 Å². The molecule has 1 fully saturated rings. The molecule has 25 heavy (non-hydrogen) atoms. The first-order chi connectivity index (χ1) is 11.9. The number of carbonyl (C=O) groups excluding carboxylic acids is 2. The van der Waals surface area contributed by atoms with Gasteiger partial charge in [0.2, 0.25) is 5.91 Å². The molecule has 3 rings (SSSR count). The van der Waals surface area contributed by atoms with Gasteiger partial charge in [-0.15, -0.1) is 0 Å². The number of nitro benzene ring substituents is 1. The third-order valence-electron chi connectivity index (χ3n) is 4.03. The summed E-state index contributed by atoms with van der Waals surface area (Å²) in [6, 6.07) is 4.33. The maximum absolute atomic E-state index is 12.5. The zero-order chi connectivity index (χ0) is 18.1. The topological polar surface area (TPSA) is 128 Å². The van der Waals surface area contributed by atoms with Gasteiger partial charge < -0.3 is 15.5 Å². The van der Waals surface area contributed by atoms with Gasteiger partial charge in [-0.3, -0.25) is 24.4 Å². The summed E-state index contributed by atoms with van der Waals surface area (Å²) in [6.07, 6.45) is 3.31. The number of piperazine rings is 1. The molecule has 0 saturated carbocycles. The third kappa shape index (κ3) is 3.01. The van der Waals surface area contributed by atoms with Gasteiger partial charge >= 0.3 is 5.69 Å². The second-order valence-corrected chi connectivity index (χ2v) is 5.63. The molecular formula is C15H16N6O4. The first-order valence-corrected chi connectivity index (χ1v) is 7.49. The van der Waals surface area contributed by atoms with Crippen molar-refractivity contribution in [2.24, 2.45) is 12.8 Å². The van der Waals surface area contributed by atoms with Crippen LogP contribution in [0.2, 0.25) is 0 Å². The average Bonchev–Trinajstić information content (AvgIpc) is 3.00. The maximum Gasteiger partial charge on any atom is 0.305 e. The van der Waals surface area contributed by atoms with Gasteiger partial charge in [0.15, 0.2) is 0 Å². The number of benzene rings is 1. The average molecular weight is 344 g/mol. The summed E-state index contributed by atoms with van der Waals surface area (Å²) in [6.45, 7) is 0.685. The van der Waals surface area contributed by atoms with Crippen molar-refractivity contribution in [3.05, 3.63) is 46.3 Å². The number of para-hydroxylation sites is 1. The van der Waals surface area contributed by atoms with E-state index in [1.54, 1.807) is 33.9 Å². The Hall–Kier alpha value is -3.43. The second-order valence-electron chi connectivity index (χ2n) is 5.63. The van der Waals surface area contributed by atoms with E-state index in [0.717, 1.165) is 0 Å². The van der Waals surface area contributed by atoms with Gasteiger partial charge in [-0.05, 0) is 12.1 Å². The van der Waals surface area contributed by atoms with Crippen molar-refractivity contribution >= 4 is 28.9 Å². The molecule has 10 heteroatoms. The van der Waals surface area contributed by atoms with E-state index >= 15 is 0 Å². The van der Waals surface area contributed by atoms with Crippen LogP contribution in [0.4, 0.5) is 17.1 Å². The number of aromatic nitrogens is 2. The fourth-order valence-corrected chi connectivity index (χ4v) is 2.88. The summed E-state index contributed by atoms with van der Waals surface area (Å²) >= 11 is 0. The summed E-state index contributed by atoms with van der Waals surface area (Å²) in [7, 11) is 1.75. The van der Waals surface area contributed by atoms with Crippen LogP contribution < -0.4 is 15.5 Å². The third-order valence-corrected chi connectivity index (χ3v) is 4.03. The quantitative estimate of drug-likeness (QED) is 0.627. The molecule has 1 aromatic heterocycles. The second kappa shape index (κ2) is 6.23. The number of nitrogens with two attached hydrogens (primary N) is 1. The standard InChI is InChI=1S/C15H16N6O4/c1-18-8-10(7-17-18)20-6-5-19(9-13(20)22)12-4-2-3-11(15(16)23)14(12)21(24)25/h2-4,7-8H,5-6,9H2,1H3,(H2,16,23). The molecule has 10 nitrogen and oxygen atoms in total. The fraction of sp³-hybridized carbons (Fsp3) is 0.267. The van der Waals surface area contributed by atoms with Crippen LogP contribution in [-0.2, 0) is 11.8 Å². The summed E-state index contributed by atoms with van der Waals surface area (Å²) in [5, 5.41) is 15.5. The van der Waals surface area contributed by atoms with Crippen LogP contribution in [0.1, 0.15) is 10.4 Å². The number of nitrogens with zero attached hydrogens (tertiary/aromatic N) is 5. The van der Waals surface area contributed by atoms with Gasteiger partial charge in [0.25, 0.3) is 5.91 Å². The molecule has 2 amide bonds. The van der Waals surface area contributed by atoms with Crippen molar-refractivity contribution in [3.8, 4) is 0 Å². The first kappa shape index (κ1) is 16.4. The van der Waals surface area contributed by atoms with E-state index < -0.39 is 10.8 Å². The van der Waals surface area contributed by atoms with Crippen LogP contribution in [-0.4, -0.2) is 46.2 Å². The van der Waals surface area contributed by atoms with Crippen molar-refractivity contribution in [3.63, 3.8) is 0 Å². The Morgan fingerprint density at radius 1 is 1.36 bits per heavy atom. The lowest BCUT2D eigenvalue weighted by atomic mass is 10.1. The molecule has 1 aliphatic rings. The van der Waals surface area contributed by atoms with Gasteiger partial charge in [0, 0.05) is 26.3 Å². The Bertz CT molecular complexity index is 861. The van der Waals surface area contributed by atoms with E-state index in [4.69, 9.17) is 5.73 Å². The molecule has 2 aromatic rings. The molecule has 130 valence electrons. The number of carbonyl (C=O) groups is 2. The van der Waals surface area contributed by atoms with Crippen molar-refractivity contribution in [2.75, 3.05) is 29.4 Å². The van der Waals surface area contributed by atoms with Crippen molar-refractivity contribution in [1.82, 2.24) is 9.78 Å². The highest BCUT2D eigenvalue weighted by atomic mass is 16.6. The van der Waals surface area contributed by atoms with Gasteiger partial charge in [-0.1, -0.05) is 6.07 Å². The normalized spacial score (nSPS) is 14.7. The monoisotopic (exact) mass is 344 g/mol. The van der Waals surface area contributed by atoms with Crippen molar-refractivity contribution in [2.45, 2.75) is 0 Å². The molecule has 1 aliphatic heterocycles. The van der Waals surface area contributed by atoms with Gasteiger partial charge in [-0.25, -0.2) is 0 Å². The molecule has 1 saturated heterocycles.